The third-order valence-corrected chi connectivity index (χ3v) is 4.88. The highest BCUT2D eigenvalue weighted by atomic mass is 19.1. The van der Waals surface area contributed by atoms with E-state index in [1.807, 2.05) is 36.7 Å². The highest BCUT2D eigenvalue weighted by molar-refractivity contribution is 5.43. The van der Waals surface area contributed by atoms with Crippen LogP contribution in [-0.4, -0.2) is 9.97 Å². The van der Waals surface area contributed by atoms with Crippen LogP contribution in [0.25, 0.3) is 0 Å². The molecular weight excluding hydrogens is 354 g/mol. The average Bonchev–Trinajstić information content (AvgIpc) is 2.75. The topological polar surface area (TPSA) is 25.8 Å². The van der Waals surface area contributed by atoms with E-state index in [1.165, 1.54) is 24.3 Å². The number of aromatic nitrogens is 2. The molecule has 0 atom stereocenters. The summed E-state index contributed by atoms with van der Waals surface area (Å²) in [5, 5.41) is 0. The summed E-state index contributed by atoms with van der Waals surface area (Å²) >= 11 is 0. The minimum absolute atomic E-state index is 0.113. The number of halogens is 2. The van der Waals surface area contributed by atoms with E-state index in [4.69, 9.17) is 0 Å². The van der Waals surface area contributed by atoms with Crippen molar-refractivity contribution in [3.8, 4) is 0 Å². The highest BCUT2D eigenvalue weighted by Gasteiger charge is 2.28. The first kappa shape index (κ1) is 18.0. The first-order valence-corrected chi connectivity index (χ1v) is 9.03. The van der Waals surface area contributed by atoms with Gasteiger partial charge in [-0.3, -0.25) is 9.97 Å². The second-order valence-electron chi connectivity index (χ2n) is 6.63. The Bertz CT molecular complexity index is 933. The second-order valence-corrected chi connectivity index (χ2v) is 6.63. The average molecular weight is 372 g/mol. The molecule has 0 aliphatic heterocycles. The minimum atomic E-state index is -0.291. The van der Waals surface area contributed by atoms with Gasteiger partial charge in [-0.15, -0.1) is 0 Å². The van der Waals surface area contributed by atoms with Crippen LogP contribution in [0, 0.1) is 11.6 Å². The van der Waals surface area contributed by atoms with Crippen molar-refractivity contribution >= 4 is 0 Å². The Balaban J connectivity index is 1.93. The third kappa shape index (κ3) is 3.81. The predicted octanol–water partition coefficient (Wildman–Crippen LogP) is 5.72. The first-order valence-electron chi connectivity index (χ1n) is 9.03. The summed E-state index contributed by atoms with van der Waals surface area (Å²) in [5.41, 5.74) is 3.89. The van der Waals surface area contributed by atoms with Crippen LogP contribution >= 0.6 is 0 Å². The number of pyridine rings is 2. The molecule has 0 aliphatic rings. The lowest BCUT2D eigenvalue weighted by atomic mass is 9.74. The number of hydrogen-bond acceptors (Lipinski definition) is 2. The van der Waals surface area contributed by atoms with Crippen LogP contribution in [0.2, 0.25) is 0 Å². The normalized spacial score (nSPS) is 11.1. The molecule has 4 heteroatoms. The maximum Gasteiger partial charge on any atom is 0.123 e. The Hall–Kier alpha value is -3.40. The molecule has 0 saturated heterocycles. The zero-order valence-corrected chi connectivity index (χ0v) is 15.0. The van der Waals surface area contributed by atoms with Crippen molar-refractivity contribution in [1.82, 2.24) is 9.97 Å². The van der Waals surface area contributed by atoms with Crippen molar-refractivity contribution in [3.05, 3.63) is 131 Å². The van der Waals surface area contributed by atoms with E-state index in [0.29, 0.717) is 0 Å². The van der Waals surface area contributed by atoms with Crippen LogP contribution in [0.1, 0.15) is 34.1 Å². The summed E-state index contributed by atoms with van der Waals surface area (Å²) in [7, 11) is 0. The number of nitrogens with zero attached hydrogens (tertiary/aromatic N) is 2. The summed E-state index contributed by atoms with van der Waals surface area (Å²) in [5.74, 6) is -0.852. The van der Waals surface area contributed by atoms with Gasteiger partial charge in [-0.1, -0.05) is 36.4 Å². The van der Waals surface area contributed by atoms with Gasteiger partial charge >= 0.3 is 0 Å². The lowest BCUT2D eigenvalue weighted by Crippen LogP contribution is -2.15. The van der Waals surface area contributed by atoms with E-state index >= 15 is 0 Å². The molecule has 0 fully saturated rings. The standard InChI is InChI=1S/C24H18F2N2/c25-21-9-5-17(6-10-21)23(18-7-11-22(26)12-8-18)24(19-3-1-13-27-15-19)20-4-2-14-28-16-20/h1-16,23-24H. The first-order chi connectivity index (χ1) is 13.7. The van der Waals surface area contributed by atoms with Gasteiger partial charge in [0.2, 0.25) is 0 Å². The zero-order valence-electron chi connectivity index (χ0n) is 15.0. The summed E-state index contributed by atoms with van der Waals surface area (Å²) in [6.45, 7) is 0. The molecule has 0 bridgehead atoms. The summed E-state index contributed by atoms with van der Waals surface area (Å²) < 4.78 is 27.2. The Labute approximate surface area is 162 Å². The largest absolute Gasteiger partial charge is 0.264 e. The Morgan fingerprint density at radius 2 is 0.893 bits per heavy atom. The van der Waals surface area contributed by atoms with Gasteiger partial charge in [-0.05, 0) is 58.7 Å². The van der Waals surface area contributed by atoms with Crippen LogP contribution in [0.4, 0.5) is 8.78 Å². The molecule has 28 heavy (non-hydrogen) atoms. The van der Waals surface area contributed by atoms with E-state index in [1.54, 1.807) is 36.7 Å². The van der Waals surface area contributed by atoms with Crippen LogP contribution in [0.5, 0.6) is 0 Å². The lowest BCUT2D eigenvalue weighted by molar-refractivity contribution is 0.620. The van der Waals surface area contributed by atoms with Crippen LogP contribution in [0.3, 0.4) is 0 Å². The molecule has 0 saturated carbocycles. The Kier molecular flexibility index (Phi) is 5.20. The number of benzene rings is 2. The second kappa shape index (κ2) is 8.09. The lowest BCUT2D eigenvalue weighted by Gasteiger charge is -2.29. The fourth-order valence-electron chi connectivity index (χ4n) is 3.61. The van der Waals surface area contributed by atoms with Crippen molar-refractivity contribution in [2.75, 3.05) is 0 Å². The molecule has 0 amide bonds. The van der Waals surface area contributed by atoms with Gasteiger partial charge in [0.05, 0.1) is 0 Å². The quantitative estimate of drug-likeness (QED) is 0.448. The van der Waals surface area contributed by atoms with Gasteiger partial charge < -0.3 is 0 Å². The van der Waals surface area contributed by atoms with E-state index in [2.05, 4.69) is 9.97 Å². The van der Waals surface area contributed by atoms with Crippen LogP contribution < -0.4 is 0 Å². The Morgan fingerprint density at radius 3 is 1.25 bits per heavy atom. The monoisotopic (exact) mass is 372 g/mol. The summed E-state index contributed by atoms with van der Waals surface area (Å²) in [6, 6.07) is 20.8. The predicted molar refractivity (Wildman–Crippen MR) is 105 cm³/mol. The molecule has 0 spiro atoms. The highest BCUT2D eigenvalue weighted by Crippen LogP contribution is 2.42. The molecule has 2 nitrogen and oxygen atoms in total. The maximum atomic E-state index is 13.6. The molecule has 0 radical (unpaired) electrons. The van der Waals surface area contributed by atoms with E-state index in [0.717, 1.165) is 22.3 Å². The van der Waals surface area contributed by atoms with Crippen molar-refractivity contribution in [2.24, 2.45) is 0 Å². The van der Waals surface area contributed by atoms with E-state index in [9.17, 15) is 8.78 Å². The number of hydrogen-bond donors (Lipinski definition) is 0. The van der Waals surface area contributed by atoms with E-state index < -0.39 is 0 Å². The van der Waals surface area contributed by atoms with Crippen molar-refractivity contribution in [2.45, 2.75) is 11.8 Å². The molecule has 4 aromatic rings. The fraction of sp³-hybridized carbons (Fsp3) is 0.0833. The van der Waals surface area contributed by atoms with Gasteiger partial charge in [0, 0.05) is 36.6 Å². The molecule has 0 N–H and O–H groups in total. The molecule has 4 rings (SSSR count). The molecule has 2 heterocycles. The third-order valence-electron chi connectivity index (χ3n) is 4.88. The maximum absolute atomic E-state index is 13.6. The van der Waals surface area contributed by atoms with Gasteiger partial charge in [-0.2, -0.15) is 0 Å². The molecule has 0 unspecified atom stereocenters. The minimum Gasteiger partial charge on any atom is -0.264 e. The number of rotatable bonds is 5. The van der Waals surface area contributed by atoms with Gasteiger partial charge in [0.25, 0.3) is 0 Å². The smallest absolute Gasteiger partial charge is 0.123 e. The van der Waals surface area contributed by atoms with Gasteiger partial charge in [0.1, 0.15) is 11.6 Å². The Morgan fingerprint density at radius 1 is 0.500 bits per heavy atom. The van der Waals surface area contributed by atoms with Crippen molar-refractivity contribution < 1.29 is 8.78 Å². The summed E-state index contributed by atoms with van der Waals surface area (Å²) in [4.78, 5) is 8.58. The van der Waals surface area contributed by atoms with Crippen LogP contribution in [-0.2, 0) is 0 Å². The molecular formula is C24H18F2N2. The van der Waals surface area contributed by atoms with E-state index in [-0.39, 0.29) is 23.5 Å². The SMILES string of the molecule is Fc1ccc(C(c2ccc(F)cc2)C(c2cccnc2)c2cccnc2)cc1. The summed E-state index contributed by atoms with van der Waals surface area (Å²) in [6.07, 6.45) is 7.12. The molecule has 2 aromatic carbocycles. The zero-order chi connectivity index (χ0) is 19.3. The van der Waals surface area contributed by atoms with Crippen molar-refractivity contribution in [1.29, 1.82) is 0 Å². The molecule has 138 valence electrons. The molecule has 0 aliphatic carbocycles. The van der Waals surface area contributed by atoms with Gasteiger partial charge in [0.15, 0.2) is 0 Å². The van der Waals surface area contributed by atoms with Gasteiger partial charge in [-0.25, -0.2) is 8.78 Å². The fourth-order valence-corrected chi connectivity index (χ4v) is 3.61. The van der Waals surface area contributed by atoms with Crippen molar-refractivity contribution in [3.63, 3.8) is 0 Å². The van der Waals surface area contributed by atoms with Crippen LogP contribution in [0.15, 0.2) is 97.6 Å². The molecule has 2 aromatic heterocycles.